The lowest BCUT2D eigenvalue weighted by atomic mass is 10.0. The Hall–Kier alpha value is -2.40. The lowest BCUT2D eigenvalue weighted by Crippen LogP contribution is -2.15. The molecule has 4 nitrogen and oxygen atoms in total. The van der Waals surface area contributed by atoms with Gasteiger partial charge in [-0.25, -0.2) is 4.79 Å². The van der Waals surface area contributed by atoms with Gasteiger partial charge in [0.05, 0.1) is 0 Å². The van der Waals surface area contributed by atoms with Gasteiger partial charge < -0.3 is 4.84 Å². The maximum Gasteiger partial charge on any atom is 0.331 e. The van der Waals surface area contributed by atoms with Crippen LogP contribution in [0, 0.1) is 6.92 Å². The maximum atomic E-state index is 12.5. The van der Waals surface area contributed by atoms with Crippen molar-refractivity contribution >= 4 is 29.2 Å². The topological polar surface area (TPSA) is 55.7 Å². The van der Waals surface area contributed by atoms with Crippen LogP contribution in [-0.2, 0) is 9.63 Å². The molecule has 0 fully saturated rings. The van der Waals surface area contributed by atoms with Crippen molar-refractivity contribution in [2.24, 2.45) is 5.16 Å². The second kappa shape index (κ2) is 9.18. The highest BCUT2D eigenvalue weighted by Gasteiger charge is 2.15. The van der Waals surface area contributed by atoms with Gasteiger partial charge in [-0.3, -0.25) is 4.79 Å². The normalized spacial score (nSPS) is 11.2. The molecule has 25 heavy (non-hydrogen) atoms. The highest BCUT2D eigenvalue weighted by Crippen LogP contribution is 2.28. The Kier molecular flexibility index (Phi) is 6.95. The van der Waals surface area contributed by atoms with E-state index in [0.717, 1.165) is 16.2 Å². The van der Waals surface area contributed by atoms with Crippen molar-refractivity contribution in [2.45, 2.75) is 43.4 Å². The zero-order valence-corrected chi connectivity index (χ0v) is 15.4. The maximum absolute atomic E-state index is 12.5. The summed E-state index contributed by atoms with van der Waals surface area (Å²) in [6.45, 7) is 5.26. The standard InChI is InChI=1S/C20H21NO3S/c1-4-5-19(21-24-15(3)22)20(23)16-8-12-18(13-9-16)25-17-10-6-14(2)7-11-17/h6-13H,4-5H2,1-3H3/b21-19-. The fraction of sp³-hybridized carbons (Fsp3) is 0.250. The van der Waals surface area contributed by atoms with E-state index in [9.17, 15) is 9.59 Å². The molecule has 0 aliphatic carbocycles. The van der Waals surface area contributed by atoms with E-state index in [1.54, 1.807) is 23.9 Å². The lowest BCUT2D eigenvalue weighted by Gasteiger charge is -2.06. The SMILES string of the molecule is CCC/C(=N/OC(C)=O)C(=O)c1ccc(Sc2ccc(C)cc2)cc1. The summed E-state index contributed by atoms with van der Waals surface area (Å²) in [5.74, 6) is -0.749. The molecule has 0 unspecified atom stereocenters. The summed E-state index contributed by atoms with van der Waals surface area (Å²) in [4.78, 5) is 30.3. The first-order valence-corrected chi connectivity index (χ1v) is 8.95. The van der Waals surface area contributed by atoms with Crippen LogP contribution in [0.3, 0.4) is 0 Å². The molecule has 2 rings (SSSR count). The predicted molar refractivity (Wildman–Crippen MR) is 100 cm³/mol. The molecule has 0 saturated heterocycles. The number of Topliss-reactive ketones (excluding diaryl/α,β-unsaturated/α-hetero) is 1. The molecule has 0 heterocycles. The van der Waals surface area contributed by atoms with Crippen LogP contribution in [0.15, 0.2) is 63.5 Å². The van der Waals surface area contributed by atoms with E-state index in [0.29, 0.717) is 12.0 Å². The van der Waals surface area contributed by atoms with E-state index in [-0.39, 0.29) is 11.5 Å². The van der Waals surface area contributed by atoms with Gasteiger partial charge in [0.25, 0.3) is 0 Å². The summed E-state index contributed by atoms with van der Waals surface area (Å²) in [7, 11) is 0. The third-order valence-electron chi connectivity index (χ3n) is 3.41. The summed E-state index contributed by atoms with van der Waals surface area (Å²) < 4.78 is 0. The van der Waals surface area contributed by atoms with E-state index in [1.165, 1.54) is 12.5 Å². The molecule has 0 N–H and O–H groups in total. The van der Waals surface area contributed by atoms with Gasteiger partial charge >= 0.3 is 5.97 Å². The third-order valence-corrected chi connectivity index (χ3v) is 4.42. The molecule has 0 aromatic heterocycles. The van der Waals surface area contributed by atoms with Crippen molar-refractivity contribution in [1.82, 2.24) is 0 Å². The molecule has 0 aliphatic rings. The fourth-order valence-electron chi connectivity index (χ4n) is 2.14. The van der Waals surface area contributed by atoms with E-state index < -0.39 is 5.97 Å². The van der Waals surface area contributed by atoms with Crippen LogP contribution in [0.2, 0.25) is 0 Å². The molecule has 0 saturated carbocycles. The van der Waals surface area contributed by atoms with Crippen LogP contribution in [0.1, 0.15) is 42.6 Å². The summed E-state index contributed by atoms with van der Waals surface area (Å²) >= 11 is 1.64. The van der Waals surface area contributed by atoms with Crippen LogP contribution in [-0.4, -0.2) is 17.5 Å². The van der Waals surface area contributed by atoms with Crippen molar-refractivity contribution in [1.29, 1.82) is 0 Å². The highest BCUT2D eigenvalue weighted by molar-refractivity contribution is 7.99. The molecular weight excluding hydrogens is 334 g/mol. The minimum Gasteiger partial charge on any atom is -0.318 e. The van der Waals surface area contributed by atoms with E-state index in [2.05, 4.69) is 41.2 Å². The Morgan fingerprint density at radius 3 is 2.08 bits per heavy atom. The number of rotatable bonds is 7. The summed E-state index contributed by atoms with van der Waals surface area (Å²) in [6.07, 6.45) is 1.21. The van der Waals surface area contributed by atoms with Crippen LogP contribution in [0.25, 0.3) is 0 Å². The Bertz CT molecular complexity index is 765. The van der Waals surface area contributed by atoms with Gasteiger partial charge in [0.1, 0.15) is 5.71 Å². The molecule has 0 atom stereocenters. The van der Waals surface area contributed by atoms with Crippen LogP contribution < -0.4 is 0 Å². The van der Waals surface area contributed by atoms with Crippen LogP contribution in [0.5, 0.6) is 0 Å². The summed E-state index contributed by atoms with van der Waals surface area (Å²) in [6, 6.07) is 15.7. The minimum absolute atomic E-state index is 0.213. The van der Waals surface area contributed by atoms with Gasteiger partial charge in [-0.2, -0.15) is 0 Å². The van der Waals surface area contributed by atoms with Crippen molar-refractivity contribution in [2.75, 3.05) is 0 Å². The van der Waals surface area contributed by atoms with Crippen molar-refractivity contribution in [3.63, 3.8) is 0 Å². The fourth-order valence-corrected chi connectivity index (χ4v) is 2.96. The zero-order chi connectivity index (χ0) is 18.2. The van der Waals surface area contributed by atoms with Gasteiger partial charge in [0.2, 0.25) is 5.78 Å². The number of benzene rings is 2. The Morgan fingerprint density at radius 2 is 1.56 bits per heavy atom. The molecular formula is C20H21NO3S. The first-order valence-electron chi connectivity index (χ1n) is 8.13. The molecule has 0 spiro atoms. The van der Waals surface area contributed by atoms with Crippen molar-refractivity contribution in [3.05, 3.63) is 59.7 Å². The quantitative estimate of drug-likeness (QED) is 0.302. The molecule has 0 aliphatic heterocycles. The van der Waals surface area contributed by atoms with Gasteiger partial charge in [-0.15, -0.1) is 0 Å². The van der Waals surface area contributed by atoms with Crippen LogP contribution >= 0.6 is 11.8 Å². The summed E-state index contributed by atoms with van der Waals surface area (Å²) in [5.41, 5.74) is 2.02. The van der Waals surface area contributed by atoms with Gasteiger partial charge in [-0.1, -0.05) is 48.0 Å². The zero-order valence-electron chi connectivity index (χ0n) is 14.6. The molecule has 2 aromatic rings. The number of hydrogen-bond acceptors (Lipinski definition) is 5. The average molecular weight is 355 g/mol. The molecule has 2 aromatic carbocycles. The monoisotopic (exact) mass is 355 g/mol. The minimum atomic E-state index is -0.536. The number of oxime groups is 1. The lowest BCUT2D eigenvalue weighted by molar-refractivity contribution is -0.140. The molecule has 0 amide bonds. The number of aryl methyl sites for hydroxylation is 1. The van der Waals surface area contributed by atoms with E-state index >= 15 is 0 Å². The first kappa shape index (κ1) is 18.9. The second-order valence-electron chi connectivity index (χ2n) is 5.64. The summed E-state index contributed by atoms with van der Waals surface area (Å²) in [5, 5.41) is 3.70. The number of carbonyl (C=O) groups is 2. The number of nitrogens with zero attached hydrogens (tertiary/aromatic N) is 1. The van der Waals surface area contributed by atoms with Gasteiger partial charge in [0.15, 0.2) is 0 Å². The Labute approximate surface area is 152 Å². The average Bonchev–Trinajstić information content (AvgIpc) is 2.60. The predicted octanol–water partition coefficient (Wildman–Crippen LogP) is 5.05. The molecule has 5 heteroatoms. The number of hydrogen-bond donors (Lipinski definition) is 0. The molecule has 0 bridgehead atoms. The smallest absolute Gasteiger partial charge is 0.318 e. The Balaban J connectivity index is 2.11. The van der Waals surface area contributed by atoms with Crippen molar-refractivity contribution < 1.29 is 14.4 Å². The van der Waals surface area contributed by atoms with Crippen molar-refractivity contribution in [3.8, 4) is 0 Å². The van der Waals surface area contributed by atoms with Gasteiger partial charge in [0, 0.05) is 22.3 Å². The first-order chi connectivity index (χ1) is 12.0. The molecule has 0 radical (unpaired) electrons. The highest BCUT2D eigenvalue weighted by atomic mass is 32.2. The number of ketones is 1. The third kappa shape index (κ3) is 5.87. The largest absolute Gasteiger partial charge is 0.331 e. The van der Waals surface area contributed by atoms with E-state index in [4.69, 9.17) is 0 Å². The second-order valence-corrected chi connectivity index (χ2v) is 6.79. The number of carbonyl (C=O) groups excluding carboxylic acids is 2. The van der Waals surface area contributed by atoms with Gasteiger partial charge in [-0.05, 0) is 49.7 Å². The molecule has 130 valence electrons. The van der Waals surface area contributed by atoms with Crippen LogP contribution in [0.4, 0.5) is 0 Å². The Morgan fingerprint density at radius 1 is 1.00 bits per heavy atom. The van der Waals surface area contributed by atoms with E-state index in [1.807, 2.05) is 19.1 Å².